The number of benzene rings is 2. The van der Waals surface area contributed by atoms with Crippen molar-refractivity contribution >= 4 is 46.7 Å². The first kappa shape index (κ1) is 31.0. The zero-order valence-corrected chi connectivity index (χ0v) is 24.6. The number of hydroxylamine groups is 1. The van der Waals surface area contributed by atoms with Crippen molar-refractivity contribution in [1.29, 1.82) is 0 Å². The minimum absolute atomic E-state index is 0.108. The fourth-order valence-electron chi connectivity index (χ4n) is 5.38. The number of amides is 2. The third-order valence-electron chi connectivity index (χ3n) is 7.51. The molecule has 2 aliphatic heterocycles. The largest absolute Gasteiger partial charge is 0.338 e. The number of rotatable bonds is 8. The summed E-state index contributed by atoms with van der Waals surface area (Å²) >= 11 is 0. The molecule has 1 aromatic heterocycles. The molecule has 15 heteroatoms. The third-order valence-corrected chi connectivity index (χ3v) is 7.51. The van der Waals surface area contributed by atoms with E-state index in [1.807, 2.05) is 9.80 Å². The first-order chi connectivity index (χ1) is 21.1. The van der Waals surface area contributed by atoms with E-state index in [4.69, 9.17) is 27.9 Å². The zero-order valence-electron chi connectivity index (χ0n) is 24.6. The number of anilines is 6. The predicted molar refractivity (Wildman–Crippen MR) is 169 cm³/mol. The summed E-state index contributed by atoms with van der Waals surface area (Å²) in [4.78, 5) is 42.5. The van der Waals surface area contributed by atoms with Crippen LogP contribution in [-0.4, -0.2) is 82.3 Å². The van der Waals surface area contributed by atoms with Gasteiger partial charge in [0.05, 0.1) is 5.69 Å². The summed E-state index contributed by atoms with van der Waals surface area (Å²) in [6, 6.07) is 12.4. The Hall–Kier alpha value is -4.41. The molecule has 234 valence electrons. The van der Waals surface area contributed by atoms with E-state index >= 15 is 0 Å². The summed E-state index contributed by atoms with van der Waals surface area (Å²) in [7, 11) is 0. The molecule has 5 rings (SSSR count). The standard InChI is InChI=1S/C29H40N12O3/c1-2-25(42)34-22-7-9-24(10-8-22)41(44)26(43)17-3-5-23(6-4-17)35-27-36-28(39-13-18(30)11-19(31)14-39)38-29(37-27)40-15-20(32)12-21(33)16-40/h3-10,18-21,44H,2,11-16,30-33H2,1H3,(H,34,42)(H,35,36,37,38)/t18-,19+,20-,21+. The summed E-state index contributed by atoms with van der Waals surface area (Å²) in [6.07, 6.45) is 1.78. The molecule has 2 aliphatic rings. The molecule has 15 nitrogen and oxygen atoms in total. The van der Waals surface area contributed by atoms with Crippen LogP contribution in [0, 0.1) is 0 Å². The maximum absolute atomic E-state index is 13.0. The van der Waals surface area contributed by atoms with Crippen molar-refractivity contribution in [1.82, 2.24) is 15.0 Å². The van der Waals surface area contributed by atoms with Gasteiger partial charge in [0.2, 0.25) is 23.8 Å². The molecule has 2 aromatic carbocycles. The van der Waals surface area contributed by atoms with Crippen LogP contribution in [0.3, 0.4) is 0 Å². The number of hydrogen-bond acceptors (Lipinski definition) is 13. The Morgan fingerprint density at radius 3 is 1.75 bits per heavy atom. The summed E-state index contributed by atoms with van der Waals surface area (Å²) in [5, 5.41) is 17.0. The van der Waals surface area contributed by atoms with Gasteiger partial charge in [0.1, 0.15) is 0 Å². The van der Waals surface area contributed by atoms with E-state index in [1.165, 1.54) is 0 Å². The first-order valence-electron chi connectivity index (χ1n) is 14.7. The maximum Gasteiger partial charge on any atom is 0.281 e. The lowest BCUT2D eigenvalue weighted by atomic mass is 10.0. The second-order valence-electron chi connectivity index (χ2n) is 11.3. The van der Waals surface area contributed by atoms with Crippen LogP contribution in [0.1, 0.15) is 36.5 Å². The van der Waals surface area contributed by atoms with Gasteiger partial charge in [-0.3, -0.25) is 14.8 Å². The SMILES string of the molecule is CCC(=O)Nc1ccc(N(O)C(=O)c2ccc(Nc3nc(N4C[C@H](N)C[C@H](N)C4)nc(N4C[C@H](N)C[C@H](N)C4)n3)cc2)cc1. The van der Waals surface area contributed by atoms with Gasteiger partial charge in [0, 0.05) is 73.7 Å². The molecule has 0 radical (unpaired) electrons. The molecule has 0 bridgehead atoms. The van der Waals surface area contributed by atoms with Crippen LogP contribution in [0.4, 0.5) is 34.9 Å². The summed E-state index contributed by atoms with van der Waals surface area (Å²) in [5.74, 6) is 0.427. The first-order valence-corrected chi connectivity index (χ1v) is 14.7. The van der Waals surface area contributed by atoms with Crippen LogP contribution in [0.5, 0.6) is 0 Å². The molecular weight excluding hydrogens is 564 g/mol. The summed E-state index contributed by atoms with van der Waals surface area (Å²) < 4.78 is 0. The summed E-state index contributed by atoms with van der Waals surface area (Å²) in [5.41, 5.74) is 26.7. The van der Waals surface area contributed by atoms with Crippen molar-refractivity contribution in [2.75, 3.05) is 51.7 Å². The average molecular weight is 605 g/mol. The second kappa shape index (κ2) is 13.5. The molecule has 0 saturated carbocycles. The Balaban J connectivity index is 1.33. The van der Waals surface area contributed by atoms with E-state index < -0.39 is 5.91 Å². The van der Waals surface area contributed by atoms with Gasteiger partial charge in [-0.1, -0.05) is 6.92 Å². The molecule has 0 spiro atoms. The van der Waals surface area contributed by atoms with Gasteiger partial charge >= 0.3 is 0 Å². The highest BCUT2D eigenvalue weighted by Gasteiger charge is 2.29. The Kier molecular flexibility index (Phi) is 9.51. The summed E-state index contributed by atoms with van der Waals surface area (Å²) in [6.45, 7) is 3.97. The van der Waals surface area contributed by atoms with Gasteiger partial charge in [0.15, 0.2) is 0 Å². The lowest BCUT2D eigenvalue weighted by Gasteiger charge is -2.37. The normalized spacial score (nSPS) is 22.0. The molecule has 3 aromatic rings. The second-order valence-corrected chi connectivity index (χ2v) is 11.3. The van der Waals surface area contributed by atoms with Crippen LogP contribution in [0.15, 0.2) is 48.5 Å². The molecule has 11 N–H and O–H groups in total. The minimum Gasteiger partial charge on any atom is -0.338 e. The number of nitrogens with zero attached hydrogens (tertiary/aromatic N) is 6. The minimum atomic E-state index is -0.623. The van der Waals surface area contributed by atoms with E-state index in [0.29, 0.717) is 79.7 Å². The Morgan fingerprint density at radius 1 is 0.795 bits per heavy atom. The Bertz CT molecular complexity index is 1390. The molecular formula is C29H40N12O3. The van der Waals surface area contributed by atoms with Gasteiger partial charge < -0.3 is 43.4 Å². The maximum atomic E-state index is 13.0. The van der Waals surface area contributed by atoms with Gasteiger partial charge in [-0.05, 0) is 61.4 Å². The highest BCUT2D eigenvalue weighted by atomic mass is 16.5. The van der Waals surface area contributed by atoms with Crippen LogP contribution in [-0.2, 0) is 4.79 Å². The molecule has 2 saturated heterocycles. The Morgan fingerprint density at radius 2 is 1.27 bits per heavy atom. The van der Waals surface area contributed by atoms with Crippen LogP contribution in [0.25, 0.3) is 0 Å². The number of piperidine rings is 2. The third kappa shape index (κ3) is 7.56. The van der Waals surface area contributed by atoms with Crippen molar-refractivity contribution in [2.24, 2.45) is 22.9 Å². The number of aromatic nitrogens is 3. The highest BCUT2D eigenvalue weighted by molar-refractivity contribution is 6.04. The van der Waals surface area contributed by atoms with Crippen LogP contribution < -0.4 is 48.4 Å². The molecule has 2 fully saturated rings. The molecule has 44 heavy (non-hydrogen) atoms. The number of carbonyl (C=O) groups excluding carboxylic acids is 2. The quantitative estimate of drug-likeness (QED) is 0.139. The van der Waals surface area contributed by atoms with Gasteiger partial charge in [-0.15, -0.1) is 0 Å². The zero-order chi connectivity index (χ0) is 31.4. The number of nitrogens with one attached hydrogen (secondary N) is 2. The Labute approximate surface area is 255 Å². The van der Waals surface area contributed by atoms with Crippen molar-refractivity contribution in [3.05, 3.63) is 54.1 Å². The van der Waals surface area contributed by atoms with Crippen molar-refractivity contribution < 1.29 is 14.8 Å². The van der Waals surface area contributed by atoms with Crippen LogP contribution >= 0.6 is 0 Å². The van der Waals surface area contributed by atoms with E-state index in [0.717, 1.165) is 0 Å². The van der Waals surface area contributed by atoms with E-state index in [-0.39, 0.29) is 41.3 Å². The smallest absolute Gasteiger partial charge is 0.281 e. The molecule has 0 aliphatic carbocycles. The monoisotopic (exact) mass is 604 g/mol. The fraction of sp³-hybridized carbons (Fsp3) is 0.414. The molecule has 2 amide bonds. The molecule has 3 heterocycles. The van der Waals surface area contributed by atoms with Crippen LogP contribution in [0.2, 0.25) is 0 Å². The van der Waals surface area contributed by atoms with E-state index in [2.05, 4.69) is 20.6 Å². The van der Waals surface area contributed by atoms with Crippen molar-refractivity contribution in [3.63, 3.8) is 0 Å². The van der Waals surface area contributed by atoms with Gasteiger partial charge in [0.25, 0.3) is 5.91 Å². The highest BCUT2D eigenvalue weighted by Crippen LogP contribution is 2.25. The molecule has 4 atom stereocenters. The van der Waals surface area contributed by atoms with E-state index in [1.54, 1.807) is 55.5 Å². The van der Waals surface area contributed by atoms with Gasteiger partial charge in [-0.2, -0.15) is 20.0 Å². The number of carbonyl (C=O) groups is 2. The predicted octanol–water partition coefficient (Wildman–Crippen LogP) is 0.729. The number of hydrogen-bond donors (Lipinski definition) is 7. The van der Waals surface area contributed by atoms with Crippen molar-refractivity contribution in [2.45, 2.75) is 50.4 Å². The fourth-order valence-corrected chi connectivity index (χ4v) is 5.38. The number of nitrogens with two attached hydrogens (primary N) is 4. The lowest BCUT2D eigenvalue weighted by molar-refractivity contribution is -0.115. The topological polar surface area (TPSA) is 231 Å². The van der Waals surface area contributed by atoms with Gasteiger partial charge in [-0.25, -0.2) is 0 Å². The molecule has 0 unspecified atom stereocenters. The average Bonchev–Trinajstić information content (AvgIpc) is 3.00. The van der Waals surface area contributed by atoms with Crippen molar-refractivity contribution in [3.8, 4) is 0 Å². The lowest BCUT2D eigenvalue weighted by Crippen LogP contribution is -2.54. The van der Waals surface area contributed by atoms with E-state index in [9.17, 15) is 14.8 Å².